The average molecular weight is 550 g/mol. The van der Waals surface area contributed by atoms with Crippen molar-refractivity contribution in [1.29, 1.82) is 0 Å². The summed E-state index contributed by atoms with van der Waals surface area (Å²) in [6.45, 7) is 2.26. The van der Waals surface area contributed by atoms with Crippen LogP contribution in [0.1, 0.15) is 137 Å². The van der Waals surface area contributed by atoms with E-state index in [-0.39, 0.29) is 18.0 Å². The van der Waals surface area contributed by atoms with E-state index in [9.17, 15) is 14.4 Å². The second-order valence-corrected chi connectivity index (χ2v) is 11.0. The Labute approximate surface area is 242 Å². The summed E-state index contributed by atoms with van der Waals surface area (Å²) < 4.78 is 5.41. The van der Waals surface area contributed by atoms with E-state index in [1.807, 2.05) is 0 Å². The Bertz CT molecular complexity index is 908. The molecule has 2 N–H and O–H groups in total. The predicted octanol–water partition coefficient (Wildman–Crippen LogP) is 8.85. The number of unbranched alkanes of at least 4 members (excludes halogenated alkanes) is 14. The van der Waals surface area contributed by atoms with Crippen LogP contribution in [0.25, 0.3) is 0 Å². The van der Waals surface area contributed by atoms with Crippen LogP contribution >= 0.6 is 0 Å². The van der Waals surface area contributed by atoms with Crippen LogP contribution in [0.15, 0.2) is 60.7 Å². The molecule has 0 aliphatic heterocycles. The van der Waals surface area contributed by atoms with Crippen LogP contribution in [0.4, 0.5) is 0 Å². The second-order valence-electron chi connectivity index (χ2n) is 11.0. The fraction of sp³-hybridized carbons (Fsp3) is 0.571. The molecule has 0 saturated heterocycles. The van der Waals surface area contributed by atoms with Gasteiger partial charge in [0.05, 0.1) is 12.3 Å². The van der Waals surface area contributed by atoms with Gasteiger partial charge in [0.25, 0.3) is 0 Å². The number of carbonyl (C=O) groups is 3. The summed E-state index contributed by atoms with van der Waals surface area (Å²) in [7, 11) is 0. The highest BCUT2D eigenvalue weighted by Gasteiger charge is 2.31. The van der Waals surface area contributed by atoms with E-state index >= 15 is 0 Å². The van der Waals surface area contributed by atoms with E-state index in [4.69, 9.17) is 10.5 Å². The number of hydrogen-bond acceptors (Lipinski definition) is 5. The number of Topliss-reactive ketones (excluding diaryl/α,β-unsaturated/α-hetero) is 2. The molecule has 1 atom stereocenters. The van der Waals surface area contributed by atoms with Crippen molar-refractivity contribution >= 4 is 17.5 Å². The lowest BCUT2D eigenvalue weighted by Gasteiger charge is -2.17. The van der Waals surface area contributed by atoms with Gasteiger partial charge in [-0.05, 0) is 12.8 Å². The van der Waals surface area contributed by atoms with Gasteiger partial charge < -0.3 is 4.74 Å². The van der Waals surface area contributed by atoms with Crippen molar-refractivity contribution in [2.24, 2.45) is 11.7 Å². The highest BCUT2D eigenvalue weighted by Crippen LogP contribution is 2.20. The first-order chi connectivity index (χ1) is 19.5. The molecule has 0 radical (unpaired) electrons. The lowest BCUT2D eigenvalue weighted by Crippen LogP contribution is -2.32. The molecule has 5 heteroatoms. The quantitative estimate of drug-likeness (QED) is 0.0492. The minimum absolute atomic E-state index is 0.325. The normalized spacial score (nSPS) is 11.9. The summed E-state index contributed by atoms with van der Waals surface area (Å²) in [5, 5.41) is 0. The molecule has 0 heterocycles. The van der Waals surface area contributed by atoms with Gasteiger partial charge in [0.2, 0.25) is 0 Å². The number of rotatable bonds is 23. The standard InChI is InChI=1S/C35H51NO4/c1-2-3-4-5-6-7-8-9-10-11-12-13-14-15-22-27-32(36)40-33(37)28-31(34(38)29-23-18-16-19-24-29)35(39)30-25-20-17-21-26-30/h16-21,23-26,31-32H,2-15,22,27-28,36H2,1H3. The van der Waals surface area contributed by atoms with Crippen molar-refractivity contribution < 1.29 is 19.1 Å². The Kier molecular flexibility index (Phi) is 17.6. The number of nitrogens with two attached hydrogens (primary N) is 1. The number of carbonyl (C=O) groups excluding carboxylic acids is 3. The molecule has 0 aliphatic carbocycles. The first kappa shape index (κ1) is 33.4. The maximum atomic E-state index is 13.1. The summed E-state index contributed by atoms with van der Waals surface area (Å²) in [5.74, 6) is -2.54. The molecule has 0 fully saturated rings. The van der Waals surface area contributed by atoms with Crippen molar-refractivity contribution in [3.05, 3.63) is 71.8 Å². The van der Waals surface area contributed by atoms with Gasteiger partial charge in [0.15, 0.2) is 17.8 Å². The molecule has 0 aliphatic rings. The SMILES string of the molecule is CCCCCCCCCCCCCCCCCC(N)OC(=O)CC(C(=O)c1ccccc1)C(=O)c1ccccc1. The number of hydrogen-bond donors (Lipinski definition) is 1. The lowest BCUT2D eigenvalue weighted by molar-refractivity contribution is -0.149. The monoisotopic (exact) mass is 549 g/mol. The maximum absolute atomic E-state index is 13.1. The van der Waals surface area contributed by atoms with Gasteiger partial charge >= 0.3 is 5.97 Å². The van der Waals surface area contributed by atoms with Crippen molar-refractivity contribution in [3.8, 4) is 0 Å². The van der Waals surface area contributed by atoms with Crippen molar-refractivity contribution in [2.45, 2.75) is 122 Å². The van der Waals surface area contributed by atoms with Crippen LogP contribution in [0, 0.1) is 5.92 Å². The molecule has 0 amide bonds. The summed E-state index contributed by atoms with van der Waals surface area (Å²) in [5.41, 5.74) is 6.86. The molecule has 5 nitrogen and oxygen atoms in total. The zero-order valence-electron chi connectivity index (χ0n) is 24.7. The molecule has 220 valence electrons. The van der Waals surface area contributed by atoms with Gasteiger partial charge in [-0.15, -0.1) is 0 Å². The third kappa shape index (κ3) is 14.0. The van der Waals surface area contributed by atoms with E-state index in [1.165, 1.54) is 77.0 Å². The molecule has 0 saturated carbocycles. The topological polar surface area (TPSA) is 86.5 Å². The van der Waals surface area contributed by atoms with Crippen LogP contribution < -0.4 is 5.73 Å². The first-order valence-corrected chi connectivity index (χ1v) is 15.7. The minimum Gasteiger partial charge on any atom is -0.447 e. The van der Waals surface area contributed by atoms with Crippen molar-refractivity contribution in [1.82, 2.24) is 0 Å². The smallest absolute Gasteiger partial charge is 0.308 e. The van der Waals surface area contributed by atoms with E-state index < -0.39 is 18.1 Å². The Balaban J connectivity index is 1.62. The molecule has 1 unspecified atom stereocenters. The second kappa shape index (κ2) is 21.0. The van der Waals surface area contributed by atoms with Gasteiger partial charge in [0, 0.05) is 11.1 Å². The summed E-state index contributed by atoms with van der Waals surface area (Å²) in [6, 6.07) is 17.2. The third-order valence-corrected chi connectivity index (χ3v) is 7.50. The lowest BCUT2D eigenvalue weighted by atomic mass is 9.87. The van der Waals surface area contributed by atoms with E-state index in [2.05, 4.69) is 6.92 Å². The molecule has 2 aromatic carbocycles. The number of esters is 1. The zero-order valence-corrected chi connectivity index (χ0v) is 24.7. The Morgan fingerprint density at radius 2 is 0.975 bits per heavy atom. The van der Waals surface area contributed by atoms with Crippen LogP contribution in [0.2, 0.25) is 0 Å². The highest BCUT2D eigenvalue weighted by molar-refractivity contribution is 6.17. The molecule has 40 heavy (non-hydrogen) atoms. The molecule has 0 spiro atoms. The molecule has 2 aromatic rings. The van der Waals surface area contributed by atoms with Crippen LogP contribution in [-0.4, -0.2) is 23.8 Å². The number of benzene rings is 2. The molecular weight excluding hydrogens is 498 g/mol. The largest absolute Gasteiger partial charge is 0.447 e. The number of ketones is 2. The Hall–Kier alpha value is -2.79. The fourth-order valence-electron chi connectivity index (χ4n) is 5.07. The van der Waals surface area contributed by atoms with Gasteiger partial charge in [-0.25, -0.2) is 0 Å². The summed E-state index contributed by atoms with van der Waals surface area (Å²) >= 11 is 0. The van der Waals surface area contributed by atoms with Gasteiger partial charge in [-0.2, -0.15) is 0 Å². The minimum atomic E-state index is -1.14. The summed E-state index contributed by atoms with van der Waals surface area (Å²) in [6.07, 6.45) is 18.8. The fourth-order valence-corrected chi connectivity index (χ4v) is 5.07. The summed E-state index contributed by atoms with van der Waals surface area (Å²) in [4.78, 5) is 39.0. The number of ether oxygens (including phenoxy) is 1. The van der Waals surface area contributed by atoms with Crippen molar-refractivity contribution in [2.75, 3.05) is 0 Å². The highest BCUT2D eigenvalue weighted by atomic mass is 16.6. The average Bonchev–Trinajstić information content (AvgIpc) is 2.98. The van der Waals surface area contributed by atoms with E-state index in [1.54, 1.807) is 60.7 Å². The Morgan fingerprint density at radius 1 is 0.600 bits per heavy atom. The maximum Gasteiger partial charge on any atom is 0.308 e. The van der Waals surface area contributed by atoms with Gasteiger partial charge in [-0.3, -0.25) is 20.1 Å². The van der Waals surface area contributed by atoms with Crippen LogP contribution in [-0.2, 0) is 9.53 Å². The van der Waals surface area contributed by atoms with Crippen LogP contribution in [0.5, 0.6) is 0 Å². The molecular formula is C35H51NO4. The predicted molar refractivity (Wildman–Crippen MR) is 163 cm³/mol. The van der Waals surface area contributed by atoms with Crippen LogP contribution in [0.3, 0.4) is 0 Å². The molecule has 0 aromatic heterocycles. The third-order valence-electron chi connectivity index (χ3n) is 7.50. The zero-order chi connectivity index (χ0) is 28.8. The Morgan fingerprint density at radius 3 is 1.38 bits per heavy atom. The van der Waals surface area contributed by atoms with E-state index in [0.717, 1.165) is 19.3 Å². The van der Waals surface area contributed by atoms with Gasteiger partial charge in [0.1, 0.15) is 0 Å². The first-order valence-electron chi connectivity index (χ1n) is 15.7. The molecule has 2 rings (SSSR count). The van der Waals surface area contributed by atoms with E-state index in [0.29, 0.717) is 17.5 Å². The van der Waals surface area contributed by atoms with Crippen molar-refractivity contribution in [3.63, 3.8) is 0 Å². The molecule has 0 bridgehead atoms. The van der Waals surface area contributed by atoms with Gasteiger partial charge in [-0.1, -0.05) is 157 Å².